The minimum Gasteiger partial charge on any atom is -0.406 e. The number of amides is 1. The van der Waals surface area contributed by atoms with E-state index in [1.165, 1.54) is 12.1 Å². The molecule has 2 fully saturated rings. The smallest absolute Gasteiger partial charge is 0.406 e. The number of ether oxygens (including phenoxy) is 1. The lowest BCUT2D eigenvalue weighted by molar-refractivity contribution is -0.274. The van der Waals surface area contributed by atoms with Crippen molar-refractivity contribution in [2.24, 2.45) is 5.73 Å². The van der Waals surface area contributed by atoms with Crippen LogP contribution in [0.15, 0.2) is 66.9 Å². The SMILES string of the molecule is NC(=O)c1cccc(-c2ccnc(N[C@@H]3CCCC[C@H]3N[C@H]3CCCN(c4ccc(OC(F)(F)F)cc4)C3)c2)c1. The summed E-state index contributed by atoms with van der Waals surface area (Å²) in [5.74, 6) is 0.114. The molecule has 40 heavy (non-hydrogen) atoms. The van der Waals surface area contributed by atoms with Crippen LogP contribution in [0.1, 0.15) is 48.9 Å². The fourth-order valence-corrected chi connectivity index (χ4v) is 5.74. The zero-order valence-corrected chi connectivity index (χ0v) is 22.2. The number of halogens is 3. The average Bonchev–Trinajstić information content (AvgIpc) is 2.94. The van der Waals surface area contributed by atoms with E-state index in [1.807, 2.05) is 24.3 Å². The van der Waals surface area contributed by atoms with Crippen LogP contribution in [0, 0.1) is 0 Å². The zero-order chi connectivity index (χ0) is 28.1. The first-order valence-corrected chi connectivity index (χ1v) is 13.7. The topological polar surface area (TPSA) is 92.5 Å². The molecular weight excluding hydrogens is 519 g/mol. The summed E-state index contributed by atoms with van der Waals surface area (Å²) in [6.07, 6.45) is 3.48. The summed E-state index contributed by atoms with van der Waals surface area (Å²) in [6.45, 7) is 1.64. The van der Waals surface area contributed by atoms with Gasteiger partial charge in [0.15, 0.2) is 0 Å². The maximum absolute atomic E-state index is 12.5. The minimum atomic E-state index is -4.70. The fourth-order valence-electron chi connectivity index (χ4n) is 5.74. The van der Waals surface area contributed by atoms with E-state index in [2.05, 4.69) is 25.3 Å². The summed E-state index contributed by atoms with van der Waals surface area (Å²) < 4.78 is 41.6. The number of carbonyl (C=O) groups excluding carboxylic acids is 1. The number of nitrogens with two attached hydrogens (primary N) is 1. The summed E-state index contributed by atoms with van der Waals surface area (Å²) in [4.78, 5) is 18.4. The summed E-state index contributed by atoms with van der Waals surface area (Å²) in [5, 5.41) is 7.53. The summed E-state index contributed by atoms with van der Waals surface area (Å²) in [5.41, 5.74) is 8.67. The number of nitrogens with one attached hydrogen (secondary N) is 2. The molecule has 5 rings (SSSR count). The Kier molecular flexibility index (Phi) is 8.44. The molecule has 1 saturated carbocycles. The van der Waals surface area contributed by atoms with Crippen molar-refractivity contribution in [2.45, 2.75) is 63.0 Å². The van der Waals surface area contributed by atoms with Gasteiger partial charge in [0.2, 0.25) is 5.91 Å². The number of hydrogen-bond donors (Lipinski definition) is 3. The van der Waals surface area contributed by atoms with Crippen LogP contribution in [0.3, 0.4) is 0 Å². The van der Waals surface area contributed by atoms with Crippen molar-refractivity contribution in [3.05, 3.63) is 72.4 Å². The van der Waals surface area contributed by atoms with Gasteiger partial charge < -0.3 is 26.0 Å². The second-order valence-electron chi connectivity index (χ2n) is 10.5. The van der Waals surface area contributed by atoms with Crippen molar-refractivity contribution >= 4 is 17.4 Å². The van der Waals surface area contributed by atoms with Crippen molar-refractivity contribution in [2.75, 3.05) is 23.3 Å². The first-order valence-electron chi connectivity index (χ1n) is 13.7. The van der Waals surface area contributed by atoms with Crippen molar-refractivity contribution in [3.8, 4) is 16.9 Å². The molecule has 1 aliphatic heterocycles. The number of benzene rings is 2. The Morgan fingerprint density at radius 1 is 0.950 bits per heavy atom. The number of piperidine rings is 1. The predicted molar refractivity (Wildman–Crippen MR) is 149 cm³/mol. The monoisotopic (exact) mass is 553 g/mol. The number of primary amides is 1. The third kappa shape index (κ3) is 7.24. The maximum atomic E-state index is 12.5. The van der Waals surface area contributed by atoms with Crippen LogP contribution in [-0.2, 0) is 0 Å². The Morgan fingerprint density at radius 2 is 1.70 bits per heavy atom. The number of pyridine rings is 1. The lowest BCUT2D eigenvalue weighted by Crippen LogP contribution is -2.54. The third-order valence-corrected chi connectivity index (χ3v) is 7.65. The number of alkyl halides is 3. The van der Waals surface area contributed by atoms with Crippen molar-refractivity contribution in [1.29, 1.82) is 0 Å². The standard InChI is InChI=1S/C30H34F3N5O2/c31-30(32,33)40-25-12-10-24(11-13-25)38-16-4-7-23(19-38)36-26-8-1-2-9-27(26)37-28-18-21(14-15-35-28)20-5-3-6-22(17-20)29(34)39/h3,5-6,10-15,17-18,23,26-27,36H,1-2,4,7-9,16,19H2,(H2,34,39)(H,35,37)/t23-,26+,27+/m0/s1. The molecule has 0 bridgehead atoms. The van der Waals surface area contributed by atoms with Gasteiger partial charge in [-0.1, -0.05) is 25.0 Å². The number of carbonyl (C=O) groups is 1. The first-order chi connectivity index (χ1) is 19.2. The second kappa shape index (κ2) is 12.2. The largest absolute Gasteiger partial charge is 0.573 e. The van der Waals surface area contributed by atoms with Gasteiger partial charge in [-0.05, 0) is 85.3 Å². The predicted octanol–water partition coefficient (Wildman–Crippen LogP) is 5.73. The highest BCUT2D eigenvalue weighted by atomic mass is 19.4. The lowest BCUT2D eigenvalue weighted by atomic mass is 9.89. The molecule has 3 atom stereocenters. The van der Waals surface area contributed by atoms with Crippen LogP contribution >= 0.6 is 0 Å². The van der Waals surface area contributed by atoms with Crippen LogP contribution in [-0.4, -0.2) is 48.5 Å². The molecule has 3 aromatic rings. The highest BCUT2D eigenvalue weighted by molar-refractivity contribution is 5.94. The Hall–Kier alpha value is -3.79. The van der Waals surface area contributed by atoms with Crippen molar-refractivity contribution in [3.63, 3.8) is 0 Å². The number of rotatable bonds is 8. The van der Waals surface area contributed by atoms with E-state index in [-0.39, 0.29) is 23.9 Å². The maximum Gasteiger partial charge on any atom is 0.573 e. The van der Waals surface area contributed by atoms with Crippen molar-refractivity contribution in [1.82, 2.24) is 10.3 Å². The summed E-state index contributed by atoms with van der Waals surface area (Å²) in [7, 11) is 0. The van der Waals surface area contributed by atoms with Gasteiger partial charge in [-0.2, -0.15) is 0 Å². The minimum absolute atomic E-state index is 0.211. The molecule has 10 heteroatoms. The molecule has 212 valence electrons. The van der Waals surface area contributed by atoms with Crippen LogP contribution in [0.5, 0.6) is 5.75 Å². The Bertz CT molecular complexity index is 1300. The molecule has 0 radical (unpaired) electrons. The van der Waals surface area contributed by atoms with Gasteiger partial charge in [-0.15, -0.1) is 13.2 Å². The first kappa shape index (κ1) is 27.8. The van der Waals surface area contributed by atoms with E-state index in [9.17, 15) is 18.0 Å². The van der Waals surface area contributed by atoms with E-state index in [1.54, 1.807) is 30.5 Å². The van der Waals surface area contributed by atoms with Crippen LogP contribution in [0.25, 0.3) is 11.1 Å². The Labute approximate surface area is 231 Å². The molecule has 0 unspecified atom stereocenters. The van der Waals surface area contributed by atoms with Gasteiger partial charge in [0.1, 0.15) is 11.6 Å². The lowest BCUT2D eigenvalue weighted by Gasteiger charge is -2.40. The number of anilines is 2. The molecule has 2 aromatic carbocycles. The van der Waals surface area contributed by atoms with E-state index in [0.717, 1.165) is 74.2 Å². The number of aromatic nitrogens is 1. The highest BCUT2D eigenvalue weighted by Gasteiger charge is 2.32. The molecule has 2 aliphatic rings. The summed E-state index contributed by atoms with van der Waals surface area (Å²) >= 11 is 0. The Balaban J connectivity index is 1.22. The third-order valence-electron chi connectivity index (χ3n) is 7.65. The van der Waals surface area contributed by atoms with Gasteiger partial charge in [0.05, 0.1) is 0 Å². The van der Waals surface area contributed by atoms with Gasteiger partial charge in [0.25, 0.3) is 0 Å². The van der Waals surface area contributed by atoms with Crippen LogP contribution in [0.4, 0.5) is 24.7 Å². The molecule has 7 nitrogen and oxygen atoms in total. The van der Waals surface area contributed by atoms with Gasteiger partial charge in [0, 0.05) is 48.7 Å². The van der Waals surface area contributed by atoms with Gasteiger partial charge in [-0.3, -0.25) is 4.79 Å². The molecule has 1 aromatic heterocycles. The molecular formula is C30H34F3N5O2. The van der Waals surface area contributed by atoms with E-state index in [4.69, 9.17) is 5.73 Å². The van der Waals surface area contributed by atoms with Crippen LogP contribution < -0.4 is 26.0 Å². The summed E-state index contributed by atoms with van der Waals surface area (Å²) in [6, 6.07) is 18.0. The van der Waals surface area contributed by atoms with Gasteiger partial charge in [-0.25, -0.2) is 4.98 Å². The molecule has 0 spiro atoms. The average molecular weight is 554 g/mol. The molecule has 2 heterocycles. The number of nitrogens with zero attached hydrogens (tertiary/aromatic N) is 2. The Morgan fingerprint density at radius 3 is 2.45 bits per heavy atom. The molecule has 1 amide bonds. The van der Waals surface area contributed by atoms with Crippen molar-refractivity contribution < 1.29 is 22.7 Å². The second-order valence-corrected chi connectivity index (χ2v) is 10.5. The van der Waals surface area contributed by atoms with E-state index >= 15 is 0 Å². The van der Waals surface area contributed by atoms with E-state index in [0.29, 0.717) is 5.56 Å². The molecule has 1 aliphatic carbocycles. The fraction of sp³-hybridized carbons (Fsp3) is 0.400. The number of hydrogen-bond acceptors (Lipinski definition) is 6. The van der Waals surface area contributed by atoms with Crippen LogP contribution in [0.2, 0.25) is 0 Å². The zero-order valence-electron chi connectivity index (χ0n) is 22.2. The molecule has 1 saturated heterocycles. The highest BCUT2D eigenvalue weighted by Crippen LogP contribution is 2.29. The quantitative estimate of drug-likeness (QED) is 0.330. The van der Waals surface area contributed by atoms with Gasteiger partial charge >= 0.3 is 6.36 Å². The normalized spacial score (nSPS) is 21.6. The van der Waals surface area contributed by atoms with E-state index < -0.39 is 12.3 Å². The molecule has 4 N–H and O–H groups in total.